The lowest BCUT2D eigenvalue weighted by molar-refractivity contribution is 0.371. The highest BCUT2D eigenvalue weighted by Gasteiger charge is 2.26. The van der Waals surface area contributed by atoms with Gasteiger partial charge >= 0.3 is 0 Å². The highest BCUT2D eigenvalue weighted by Crippen LogP contribution is 2.25. The van der Waals surface area contributed by atoms with Crippen molar-refractivity contribution in [3.8, 4) is 0 Å². The standard InChI is InChI=1S/C14H24N4/c1-11(15)12-6-7-16-14(9-12)18-8-4-5-13(18)10-17(2)3/h6-7,9,11,13H,4-5,8,10,15H2,1-3H3. The van der Waals surface area contributed by atoms with E-state index >= 15 is 0 Å². The first-order valence-electron chi connectivity index (χ1n) is 6.71. The van der Waals surface area contributed by atoms with Gasteiger partial charge < -0.3 is 15.5 Å². The SMILES string of the molecule is CC(N)c1ccnc(N2CCCC2CN(C)C)c1. The number of anilines is 1. The van der Waals surface area contributed by atoms with Gasteiger partial charge in [0.2, 0.25) is 0 Å². The van der Waals surface area contributed by atoms with Crippen molar-refractivity contribution < 1.29 is 0 Å². The molecule has 2 unspecified atom stereocenters. The van der Waals surface area contributed by atoms with Gasteiger partial charge in [-0.25, -0.2) is 4.98 Å². The van der Waals surface area contributed by atoms with Crippen molar-refractivity contribution in [3.05, 3.63) is 23.9 Å². The summed E-state index contributed by atoms with van der Waals surface area (Å²) in [4.78, 5) is 9.18. The van der Waals surface area contributed by atoms with Crippen molar-refractivity contribution in [2.24, 2.45) is 5.73 Å². The Kier molecular flexibility index (Phi) is 4.19. The quantitative estimate of drug-likeness (QED) is 0.879. The van der Waals surface area contributed by atoms with Crippen molar-refractivity contribution in [1.29, 1.82) is 0 Å². The van der Waals surface area contributed by atoms with Gasteiger partial charge in [-0.15, -0.1) is 0 Å². The van der Waals surface area contributed by atoms with E-state index < -0.39 is 0 Å². The summed E-state index contributed by atoms with van der Waals surface area (Å²) in [5.74, 6) is 1.08. The Labute approximate surface area is 110 Å². The molecule has 0 saturated carbocycles. The Morgan fingerprint density at radius 3 is 3.00 bits per heavy atom. The fourth-order valence-electron chi connectivity index (χ4n) is 2.62. The highest BCUT2D eigenvalue weighted by atomic mass is 15.3. The van der Waals surface area contributed by atoms with Gasteiger partial charge in [0.05, 0.1) is 0 Å². The summed E-state index contributed by atoms with van der Waals surface area (Å²) in [6.07, 6.45) is 4.38. The van der Waals surface area contributed by atoms with Gasteiger partial charge in [0.1, 0.15) is 5.82 Å². The number of pyridine rings is 1. The largest absolute Gasteiger partial charge is 0.352 e. The summed E-state index contributed by atoms with van der Waals surface area (Å²) in [5, 5.41) is 0. The second-order valence-electron chi connectivity index (χ2n) is 5.49. The average Bonchev–Trinajstić information content (AvgIpc) is 2.76. The minimum Gasteiger partial charge on any atom is -0.352 e. The zero-order valence-corrected chi connectivity index (χ0v) is 11.6. The summed E-state index contributed by atoms with van der Waals surface area (Å²) in [7, 11) is 4.25. The molecule has 1 aromatic rings. The topological polar surface area (TPSA) is 45.4 Å². The van der Waals surface area contributed by atoms with Crippen LogP contribution in [-0.2, 0) is 0 Å². The summed E-state index contributed by atoms with van der Waals surface area (Å²) < 4.78 is 0. The van der Waals surface area contributed by atoms with Crippen LogP contribution in [-0.4, -0.2) is 43.1 Å². The van der Waals surface area contributed by atoms with Gasteiger partial charge in [-0.1, -0.05) is 0 Å². The summed E-state index contributed by atoms with van der Waals surface area (Å²) in [6.45, 7) is 4.21. The first-order chi connectivity index (χ1) is 8.58. The molecule has 0 spiro atoms. The summed E-state index contributed by atoms with van der Waals surface area (Å²) in [5.41, 5.74) is 7.10. The Morgan fingerprint density at radius 1 is 1.56 bits per heavy atom. The summed E-state index contributed by atoms with van der Waals surface area (Å²) in [6, 6.07) is 4.79. The van der Waals surface area contributed by atoms with Crippen LogP contribution in [0.15, 0.2) is 18.3 Å². The molecule has 2 rings (SSSR count). The van der Waals surface area contributed by atoms with E-state index in [-0.39, 0.29) is 6.04 Å². The predicted molar refractivity (Wildman–Crippen MR) is 75.8 cm³/mol. The smallest absolute Gasteiger partial charge is 0.129 e. The monoisotopic (exact) mass is 248 g/mol. The lowest BCUT2D eigenvalue weighted by Gasteiger charge is -2.28. The van der Waals surface area contributed by atoms with E-state index in [1.54, 1.807) is 0 Å². The molecule has 0 aliphatic carbocycles. The number of hydrogen-bond acceptors (Lipinski definition) is 4. The van der Waals surface area contributed by atoms with Gasteiger partial charge in [0.25, 0.3) is 0 Å². The molecule has 1 aromatic heterocycles. The lowest BCUT2D eigenvalue weighted by atomic mass is 10.1. The zero-order valence-electron chi connectivity index (χ0n) is 11.6. The van der Waals surface area contributed by atoms with E-state index in [0.29, 0.717) is 6.04 Å². The van der Waals surface area contributed by atoms with Crippen molar-refractivity contribution in [2.45, 2.75) is 31.8 Å². The zero-order chi connectivity index (χ0) is 13.1. The Balaban J connectivity index is 2.16. The number of aromatic nitrogens is 1. The normalized spacial score (nSPS) is 21.6. The van der Waals surface area contributed by atoms with E-state index in [2.05, 4.69) is 34.9 Å². The van der Waals surface area contributed by atoms with Crippen LogP contribution in [0.2, 0.25) is 0 Å². The van der Waals surface area contributed by atoms with Crippen molar-refractivity contribution in [3.63, 3.8) is 0 Å². The fourth-order valence-corrected chi connectivity index (χ4v) is 2.62. The number of nitrogens with two attached hydrogens (primary N) is 1. The van der Waals surface area contributed by atoms with E-state index in [9.17, 15) is 0 Å². The fraction of sp³-hybridized carbons (Fsp3) is 0.643. The molecule has 4 heteroatoms. The molecule has 4 nitrogen and oxygen atoms in total. The first-order valence-corrected chi connectivity index (χ1v) is 6.71. The van der Waals surface area contributed by atoms with Crippen LogP contribution in [0.3, 0.4) is 0 Å². The van der Waals surface area contributed by atoms with Crippen molar-refractivity contribution >= 4 is 5.82 Å². The molecular formula is C14H24N4. The molecule has 2 atom stereocenters. The molecule has 2 heterocycles. The molecule has 1 saturated heterocycles. The van der Waals surface area contributed by atoms with E-state index in [0.717, 1.165) is 24.5 Å². The minimum absolute atomic E-state index is 0.0710. The second kappa shape index (κ2) is 5.67. The van der Waals surface area contributed by atoms with Gasteiger partial charge in [-0.2, -0.15) is 0 Å². The maximum absolute atomic E-state index is 5.94. The van der Waals surface area contributed by atoms with Crippen LogP contribution < -0.4 is 10.6 Å². The van der Waals surface area contributed by atoms with Gasteiger partial charge in [-0.05, 0) is 51.6 Å². The molecule has 18 heavy (non-hydrogen) atoms. The molecule has 1 aliphatic heterocycles. The number of likely N-dealkylation sites (N-methyl/N-ethyl adjacent to an activating group) is 1. The summed E-state index contributed by atoms with van der Waals surface area (Å²) >= 11 is 0. The molecule has 0 bridgehead atoms. The van der Waals surface area contributed by atoms with Crippen LogP contribution in [0.25, 0.3) is 0 Å². The number of hydrogen-bond donors (Lipinski definition) is 1. The van der Waals surface area contributed by atoms with Crippen molar-refractivity contribution in [2.75, 3.05) is 32.1 Å². The highest BCUT2D eigenvalue weighted by molar-refractivity contribution is 5.44. The molecule has 0 amide bonds. The van der Waals surface area contributed by atoms with Crippen molar-refractivity contribution in [1.82, 2.24) is 9.88 Å². The van der Waals surface area contributed by atoms with E-state index in [1.165, 1.54) is 12.8 Å². The Morgan fingerprint density at radius 2 is 2.33 bits per heavy atom. The molecular weight excluding hydrogens is 224 g/mol. The third-order valence-corrected chi connectivity index (χ3v) is 3.54. The first kappa shape index (κ1) is 13.3. The molecule has 100 valence electrons. The van der Waals surface area contributed by atoms with E-state index in [1.807, 2.05) is 19.2 Å². The van der Waals surface area contributed by atoms with Crippen LogP contribution in [0.4, 0.5) is 5.82 Å². The molecule has 1 aliphatic rings. The van der Waals surface area contributed by atoms with Crippen LogP contribution >= 0.6 is 0 Å². The third-order valence-electron chi connectivity index (χ3n) is 3.54. The maximum Gasteiger partial charge on any atom is 0.129 e. The van der Waals surface area contributed by atoms with Crippen LogP contribution in [0.1, 0.15) is 31.4 Å². The number of rotatable bonds is 4. The van der Waals surface area contributed by atoms with Crippen LogP contribution in [0.5, 0.6) is 0 Å². The molecule has 0 aromatic carbocycles. The Hall–Kier alpha value is -1.13. The average molecular weight is 248 g/mol. The lowest BCUT2D eigenvalue weighted by Crippen LogP contribution is -2.38. The molecule has 2 N–H and O–H groups in total. The second-order valence-corrected chi connectivity index (χ2v) is 5.49. The maximum atomic E-state index is 5.94. The number of nitrogens with zero attached hydrogens (tertiary/aromatic N) is 3. The van der Waals surface area contributed by atoms with Crippen LogP contribution in [0, 0.1) is 0 Å². The van der Waals surface area contributed by atoms with Gasteiger partial charge in [0.15, 0.2) is 0 Å². The van der Waals surface area contributed by atoms with E-state index in [4.69, 9.17) is 5.73 Å². The third kappa shape index (κ3) is 3.00. The predicted octanol–water partition coefficient (Wildman–Crippen LogP) is 1.63. The minimum atomic E-state index is 0.0710. The Bertz CT molecular complexity index is 389. The van der Waals surface area contributed by atoms with Gasteiger partial charge in [0, 0.05) is 31.4 Å². The molecule has 0 radical (unpaired) electrons. The van der Waals surface area contributed by atoms with Gasteiger partial charge in [-0.3, -0.25) is 0 Å². The molecule has 1 fully saturated rings.